The fraction of sp³-hybridized carbons (Fsp3) is 0.321. The molecule has 1 heterocycles. The van der Waals surface area contributed by atoms with Gasteiger partial charge < -0.3 is 10.6 Å². The summed E-state index contributed by atoms with van der Waals surface area (Å²) in [4.78, 5) is 4.68. The second-order valence-corrected chi connectivity index (χ2v) is 10.4. The Kier molecular flexibility index (Phi) is 7.33. The number of hydrogen-bond acceptors (Lipinski definition) is 3. The maximum atomic E-state index is 15.0. The van der Waals surface area contributed by atoms with Crippen LogP contribution in [0.4, 0.5) is 8.78 Å². The molecule has 1 saturated carbocycles. The van der Waals surface area contributed by atoms with Crippen molar-refractivity contribution in [3.8, 4) is 0 Å². The van der Waals surface area contributed by atoms with Crippen LogP contribution in [0.2, 0.25) is 0 Å². The molecule has 1 fully saturated rings. The summed E-state index contributed by atoms with van der Waals surface area (Å²) in [5.74, 6) is 0.150. The van der Waals surface area contributed by atoms with Crippen molar-refractivity contribution in [2.45, 2.75) is 56.0 Å². The van der Waals surface area contributed by atoms with Crippen LogP contribution >= 0.6 is 9.24 Å². The van der Waals surface area contributed by atoms with E-state index in [1.54, 1.807) is 12.3 Å². The molecule has 34 heavy (non-hydrogen) atoms. The fourth-order valence-electron chi connectivity index (χ4n) is 4.77. The van der Waals surface area contributed by atoms with Gasteiger partial charge in [0.1, 0.15) is 16.8 Å². The van der Waals surface area contributed by atoms with Crippen molar-refractivity contribution in [1.82, 2.24) is 15.6 Å². The van der Waals surface area contributed by atoms with Gasteiger partial charge in [-0.15, -0.1) is 0 Å². The van der Waals surface area contributed by atoms with E-state index < -0.39 is 16.8 Å². The zero-order valence-corrected chi connectivity index (χ0v) is 20.7. The second kappa shape index (κ2) is 10.2. The van der Waals surface area contributed by atoms with E-state index in [0.29, 0.717) is 29.5 Å². The van der Waals surface area contributed by atoms with E-state index >= 15 is 0 Å². The zero-order valence-electron chi connectivity index (χ0n) is 19.5. The van der Waals surface area contributed by atoms with Crippen LogP contribution in [-0.4, -0.2) is 11.0 Å². The van der Waals surface area contributed by atoms with E-state index in [4.69, 9.17) is 0 Å². The first-order valence-electron chi connectivity index (χ1n) is 11.7. The van der Waals surface area contributed by atoms with Crippen molar-refractivity contribution in [1.29, 1.82) is 0 Å². The van der Waals surface area contributed by atoms with Gasteiger partial charge in [0.15, 0.2) is 0 Å². The Balaban J connectivity index is 1.87. The van der Waals surface area contributed by atoms with Gasteiger partial charge in [-0.25, -0.2) is 8.78 Å². The Bertz CT molecular complexity index is 1110. The molecule has 1 aliphatic rings. The van der Waals surface area contributed by atoms with Crippen molar-refractivity contribution in [3.05, 3.63) is 114 Å². The minimum atomic E-state index is -1.78. The molecule has 3 aromatic rings. The summed E-state index contributed by atoms with van der Waals surface area (Å²) < 4.78 is 29.9. The average molecular weight is 480 g/mol. The van der Waals surface area contributed by atoms with E-state index in [-0.39, 0.29) is 5.56 Å². The van der Waals surface area contributed by atoms with Crippen molar-refractivity contribution in [2.24, 2.45) is 0 Å². The Morgan fingerprint density at radius 2 is 1.74 bits per heavy atom. The molecule has 0 bridgehead atoms. The number of aromatic nitrogens is 1. The molecule has 3 unspecified atom stereocenters. The molecule has 0 spiro atoms. The Labute approximate surface area is 203 Å². The van der Waals surface area contributed by atoms with Gasteiger partial charge in [-0.2, -0.15) is 0 Å². The van der Waals surface area contributed by atoms with E-state index in [1.165, 1.54) is 31.9 Å². The third-order valence-electron chi connectivity index (χ3n) is 6.47. The number of nitrogens with one attached hydrogen (secondary N) is 2. The fourth-order valence-corrected chi connectivity index (χ4v) is 4.93. The van der Waals surface area contributed by atoms with Crippen LogP contribution in [0.15, 0.2) is 85.3 Å². The second-order valence-electron chi connectivity index (χ2n) is 9.32. The molecule has 0 saturated heterocycles. The highest BCUT2D eigenvalue weighted by Crippen LogP contribution is 2.39. The summed E-state index contributed by atoms with van der Waals surface area (Å²) in [6, 6.07) is 20.4. The smallest absolute Gasteiger partial charge is 0.145 e. The first-order chi connectivity index (χ1) is 16.3. The van der Waals surface area contributed by atoms with Crippen LogP contribution in [0.25, 0.3) is 0 Å². The van der Waals surface area contributed by atoms with E-state index in [0.717, 1.165) is 18.4 Å². The van der Waals surface area contributed by atoms with Crippen molar-refractivity contribution in [3.63, 3.8) is 0 Å². The standard InChI is InChI=1S/C28H32F2N3P/c1-20(32-25-12-6-7-13-25)33-28(26-14-8-9-15-31-26,19-21-10-4-3-5-11-21)23-16-22(27(2,30)34)17-24(29)18-23/h3-5,8-11,14-18,25,32-33H,1,6-7,12-13,19,34H2,2H3. The molecule has 3 nitrogen and oxygen atoms in total. The predicted octanol–water partition coefficient (Wildman–Crippen LogP) is 6.32. The maximum absolute atomic E-state index is 15.0. The van der Waals surface area contributed by atoms with Crippen LogP contribution in [0, 0.1) is 5.82 Å². The van der Waals surface area contributed by atoms with E-state index in [2.05, 4.69) is 31.4 Å². The molecule has 2 aromatic carbocycles. The lowest BCUT2D eigenvalue weighted by Gasteiger charge is -2.38. The van der Waals surface area contributed by atoms with E-state index in [1.807, 2.05) is 48.5 Å². The van der Waals surface area contributed by atoms with Crippen LogP contribution in [0.1, 0.15) is 55.0 Å². The molecule has 0 radical (unpaired) electrons. The topological polar surface area (TPSA) is 37.0 Å². The van der Waals surface area contributed by atoms with Gasteiger partial charge in [0.05, 0.1) is 11.5 Å². The SMILES string of the molecule is C=C(NC1CCCC1)NC(Cc1ccccc1)(c1cc(F)cc(C(C)(F)P)c1)c1ccccn1. The minimum Gasteiger partial charge on any atom is -0.370 e. The molecular formula is C28H32F2N3P. The Morgan fingerprint density at radius 1 is 1.06 bits per heavy atom. The van der Waals surface area contributed by atoms with Crippen LogP contribution in [0.3, 0.4) is 0 Å². The Hall–Kier alpha value is -2.78. The van der Waals surface area contributed by atoms with Gasteiger partial charge in [0.25, 0.3) is 0 Å². The molecule has 3 atom stereocenters. The van der Waals surface area contributed by atoms with Gasteiger partial charge in [-0.05, 0) is 66.8 Å². The summed E-state index contributed by atoms with van der Waals surface area (Å²) in [6.07, 6.45) is 6.76. The van der Waals surface area contributed by atoms with Crippen molar-refractivity contribution in [2.75, 3.05) is 0 Å². The third-order valence-corrected chi connectivity index (χ3v) is 6.80. The summed E-state index contributed by atoms with van der Waals surface area (Å²) >= 11 is 0. The summed E-state index contributed by atoms with van der Waals surface area (Å²) in [6.45, 7) is 5.67. The number of halogens is 2. The van der Waals surface area contributed by atoms with Crippen LogP contribution in [-0.2, 0) is 17.4 Å². The molecule has 1 aromatic heterocycles. The van der Waals surface area contributed by atoms with E-state index in [9.17, 15) is 8.78 Å². The lowest BCUT2D eigenvalue weighted by atomic mass is 9.79. The highest BCUT2D eigenvalue weighted by molar-refractivity contribution is 7.18. The highest BCUT2D eigenvalue weighted by atomic mass is 31.0. The summed E-state index contributed by atoms with van der Waals surface area (Å²) in [5.41, 5.74) is 1.60. The predicted molar refractivity (Wildman–Crippen MR) is 137 cm³/mol. The molecule has 0 aliphatic heterocycles. The number of hydrogen-bond donors (Lipinski definition) is 2. The molecule has 0 amide bonds. The van der Waals surface area contributed by atoms with Crippen molar-refractivity contribution >= 4 is 9.24 Å². The first kappa shape index (κ1) is 24.3. The van der Waals surface area contributed by atoms with Gasteiger partial charge in [-0.1, -0.05) is 65.1 Å². The molecule has 2 N–H and O–H groups in total. The molecular weight excluding hydrogens is 447 g/mol. The summed E-state index contributed by atoms with van der Waals surface area (Å²) in [5, 5.41) is 5.31. The molecule has 1 aliphatic carbocycles. The average Bonchev–Trinajstić information content (AvgIpc) is 3.32. The normalized spacial score (nSPS) is 17.5. The van der Waals surface area contributed by atoms with Crippen molar-refractivity contribution < 1.29 is 8.78 Å². The van der Waals surface area contributed by atoms with Crippen LogP contribution < -0.4 is 10.6 Å². The zero-order chi connectivity index (χ0) is 24.2. The number of benzene rings is 2. The highest BCUT2D eigenvalue weighted by Gasteiger charge is 2.38. The first-order valence-corrected chi connectivity index (χ1v) is 12.3. The number of alkyl halides is 1. The number of nitrogens with zero attached hydrogens (tertiary/aromatic N) is 1. The number of pyridine rings is 1. The number of rotatable bonds is 9. The monoisotopic (exact) mass is 479 g/mol. The quantitative estimate of drug-likeness (QED) is 0.353. The minimum absolute atomic E-state index is 0.247. The molecule has 6 heteroatoms. The van der Waals surface area contributed by atoms with Gasteiger partial charge >= 0.3 is 0 Å². The molecule has 178 valence electrons. The van der Waals surface area contributed by atoms with Gasteiger partial charge in [0.2, 0.25) is 0 Å². The molecule has 4 rings (SSSR count). The maximum Gasteiger partial charge on any atom is 0.145 e. The van der Waals surface area contributed by atoms with Crippen LogP contribution in [0.5, 0.6) is 0 Å². The van der Waals surface area contributed by atoms with Gasteiger partial charge in [-0.3, -0.25) is 4.98 Å². The Morgan fingerprint density at radius 3 is 2.38 bits per heavy atom. The largest absolute Gasteiger partial charge is 0.370 e. The van der Waals surface area contributed by atoms with Gasteiger partial charge in [0, 0.05) is 18.7 Å². The lowest BCUT2D eigenvalue weighted by molar-refractivity contribution is 0.321. The third kappa shape index (κ3) is 5.64. The lowest BCUT2D eigenvalue weighted by Crippen LogP contribution is -2.49. The summed E-state index contributed by atoms with van der Waals surface area (Å²) in [7, 11) is 2.16.